The lowest BCUT2D eigenvalue weighted by Gasteiger charge is -2.21. The minimum Gasteiger partial charge on any atom is -0.207 e. The van der Waals surface area contributed by atoms with Crippen LogP contribution in [0.1, 0.15) is 18.4 Å². The van der Waals surface area contributed by atoms with E-state index in [-0.39, 0.29) is 0 Å². The van der Waals surface area contributed by atoms with E-state index >= 15 is 0 Å². The summed E-state index contributed by atoms with van der Waals surface area (Å²) in [7, 11) is -3.27. The molecule has 20 heavy (non-hydrogen) atoms. The highest BCUT2D eigenvalue weighted by molar-refractivity contribution is 7.89. The number of hydrogen-bond acceptors (Lipinski definition) is 2. The van der Waals surface area contributed by atoms with Gasteiger partial charge in [-0.2, -0.15) is 4.31 Å². The Morgan fingerprint density at radius 3 is 2.55 bits per heavy atom. The molecule has 5 rings (SSSR count). The van der Waals surface area contributed by atoms with Gasteiger partial charge in [0.2, 0.25) is 10.0 Å². The summed E-state index contributed by atoms with van der Waals surface area (Å²) in [4.78, 5) is 0.461. The standard InChI is InChI=1S/C16H19NO2S/c1-10-2-4-12(5-3-10)20(18,19)17-8-15-14-7-11-6-13(11)16(14,15)9-17/h2-5,11,13-15H,6-9H2,1H3/t11-,13-,14+,15?,16?/m1/s1. The fourth-order valence-electron chi connectivity index (χ4n) is 5.34. The first kappa shape index (κ1) is 11.8. The van der Waals surface area contributed by atoms with Gasteiger partial charge in [-0.3, -0.25) is 0 Å². The van der Waals surface area contributed by atoms with E-state index in [0.717, 1.165) is 36.4 Å². The fraction of sp³-hybridized carbons (Fsp3) is 0.625. The molecule has 106 valence electrons. The van der Waals surface area contributed by atoms with Gasteiger partial charge in [-0.1, -0.05) is 17.7 Å². The van der Waals surface area contributed by atoms with Gasteiger partial charge in [0.1, 0.15) is 0 Å². The number of nitrogens with zero attached hydrogens (tertiary/aromatic N) is 1. The van der Waals surface area contributed by atoms with Crippen LogP contribution in [-0.4, -0.2) is 25.8 Å². The summed E-state index contributed by atoms with van der Waals surface area (Å²) in [6, 6.07) is 7.27. The Morgan fingerprint density at radius 2 is 1.80 bits per heavy atom. The van der Waals surface area contributed by atoms with Crippen LogP contribution in [0.2, 0.25) is 0 Å². The van der Waals surface area contributed by atoms with Gasteiger partial charge in [-0.25, -0.2) is 8.42 Å². The average molecular weight is 289 g/mol. The molecule has 1 saturated heterocycles. The Kier molecular flexibility index (Phi) is 1.94. The van der Waals surface area contributed by atoms with Crippen molar-refractivity contribution in [3.63, 3.8) is 0 Å². The summed E-state index contributed by atoms with van der Waals surface area (Å²) >= 11 is 0. The summed E-state index contributed by atoms with van der Waals surface area (Å²) in [6.45, 7) is 3.54. The highest BCUT2D eigenvalue weighted by atomic mass is 32.2. The van der Waals surface area contributed by atoms with Gasteiger partial charge in [-0.05, 0) is 61.0 Å². The van der Waals surface area contributed by atoms with Crippen molar-refractivity contribution < 1.29 is 8.42 Å². The van der Waals surface area contributed by atoms with E-state index in [2.05, 4.69) is 0 Å². The molecule has 5 atom stereocenters. The second-order valence-electron chi connectivity index (χ2n) is 7.27. The summed E-state index contributed by atoms with van der Waals surface area (Å²) < 4.78 is 27.3. The molecule has 1 heterocycles. The molecule has 0 N–H and O–H groups in total. The van der Waals surface area contributed by atoms with E-state index in [1.54, 1.807) is 16.4 Å². The molecular weight excluding hydrogens is 270 g/mol. The second-order valence-corrected chi connectivity index (χ2v) is 9.21. The normalized spacial score (nSPS) is 44.9. The quantitative estimate of drug-likeness (QED) is 0.837. The van der Waals surface area contributed by atoms with Crippen molar-refractivity contribution in [1.82, 2.24) is 4.31 Å². The van der Waals surface area contributed by atoms with Crippen LogP contribution in [0.15, 0.2) is 29.2 Å². The smallest absolute Gasteiger partial charge is 0.207 e. The number of benzene rings is 1. The molecule has 0 aromatic heterocycles. The van der Waals surface area contributed by atoms with E-state index in [4.69, 9.17) is 0 Å². The van der Waals surface area contributed by atoms with Gasteiger partial charge >= 0.3 is 0 Å². The maximum Gasteiger partial charge on any atom is 0.243 e. The maximum atomic E-state index is 12.7. The van der Waals surface area contributed by atoms with Crippen molar-refractivity contribution in [2.45, 2.75) is 24.7 Å². The number of aryl methyl sites for hydroxylation is 1. The molecule has 0 amide bonds. The lowest BCUT2D eigenvalue weighted by molar-refractivity contribution is 0.353. The van der Waals surface area contributed by atoms with Gasteiger partial charge in [0.05, 0.1) is 4.90 Å². The van der Waals surface area contributed by atoms with Gasteiger partial charge in [0, 0.05) is 13.1 Å². The highest BCUT2D eigenvalue weighted by Gasteiger charge is 2.81. The molecule has 4 aliphatic rings. The summed E-state index contributed by atoms with van der Waals surface area (Å²) in [6.07, 6.45) is 2.75. The summed E-state index contributed by atoms with van der Waals surface area (Å²) in [5.41, 5.74) is 1.51. The Bertz CT molecular complexity index is 692. The van der Waals surface area contributed by atoms with Gasteiger partial charge in [-0.15, -0.1) is 0 Å². The van der Waals surface area contributed by atoms with Crippen molar-refractivity contribution in [2.24, 2.45) is 29.1 Å². The third-order valence-corrected chi connectivity index (χ3v) is 8.26. The molecule has 0 bridgehead atoms. The van der Waals surface area contributed by atoms with Gasteiger partial charge < -0.3 is 0 Å². The molecule has 1 aromatic carbocycles. The summed E-state index contributed by atoms with van der Waals surface area (Å²) in [5, 5.41) is 0. The minimum absolute atomic E-state index is 0.405. The zero-order chi connectivity index (χ0) is 13.7. The minimum atomic E-state index is -3.27. The monoisotopic (exact) mass is 289 g/mol. The Balaban J connectivity index is 1.46. The Hall–Kier alpha value is -0.870. The second kappa shape index (κ2) is 3.30. The van der Waals surface area contributed by atoms with Crippen LogP contribution in [0.4, 0.5) is 0 Å². The van der Waals surface area contributed by atoms with Crippen molar-refractivity contribution in [3.8, 4) is 0 Å². The first-order chi connectivity index (χ1) is 9.53. The first-order valence-electron chi connectivity index (χ1n) is 7.60. The van der Waals surface area contributed by atoms with Crippen molar-refractivity contribution in [1.29, 1.82) is 0 Å². The number of piperidine rings is 1. The zero-order valence-corrected chi connectivity index (χ0v) is 12.4. The molecule has 2 unspecified atom stereocenters. The molecule has 0 radical (unpaired) electrons. The highest BCUT2D eigenvalue weighted by Crippen LogP contribution is 2.82. The third-order valence-electron chi connectivity index (χ3n) is 6.44. The molecule has 1 aliphatic heterocycles. The lowest BCUT2D eigenvalue weighted by Crippen LogP contribution is -2.33. The van der Waals surface area contributed by atoms with Crippen LogP contribution in [0, 0.1) is 36.0 Å². The molecule has 1 spiro atoms. The number of sulfonamides is 1. The number of fused-ring (bicyclic) bond motifs is 2. The largest absolute Gasteiger partial charge is 0.243 e. The average Bonchev–Trinajstić information content (AvgIpc) is 3.24. The van der Waals surface area contributed by atoms with Crippen molar-refractivity contribution in [3.05, 3.63) is 29.8 Å². The predicted octanol–water partition coefficient (Wildman–Crippen LogP) is 2.27. The maximum absolute atomic E-state index is 12.7. The van der Waals surface area contributed by atoms with Gasteiger partial charge in [0.15, 0.2) is 0 Å². The molecule has 4 heteroatoms. The van der Waals surface area contributed by atoms with Crippen molar-refractivity contribution in [2.75, 3.05) is 13.1 Å². The van der Waals surface area contributed by atoms with Crippen molar-refractivity contribution >= 4 is 10.0 Å². The molecular formula is C16H19NO2S. The SMILES string of the molecule is Cc1ccc(S(=O)(=O)N2CC3[C@@H]4C[C@H]5C[C@H]5C34C2)cc1. The number of hydrogen-bond donors (Lipinski definition) is 0. The summed E-state index contributed by atoms with van der Waals surface area (Å²) in [5.74, 6) is 3.33. The Labute approximate surface area is 120 Å². The van der Waals surface area contributed by atoms with Crippen LogP contribution in [0.5, 0.6) is 0 Å². The van der Waals surface area contributed by atoms with E-state index in [1.807, 2.05) is 19.1 Å². The van der Waals surface area contributed by atoms with Gasteiger partial charge in [0.25, 0.3) is 0 Å². The number of rotatable bonds is 2. The van der Waals surface area contributed by atoms with Crippen LogP contribution >= 0.6 is 0 Å². The topological polar surface area (TPSA) is 37.4 Å². The van der Waals surface area contributed by atoms with Crippen LogP contribution in [-0.2, 0) is 10.0 Å². The molecule has 3 aliphatic carbocycles. The van der Waals surface area contributed by atoms with E-state index < -0.39 is 10.0 Å². The molecule has 3 nitrogen and oxygen atoms in total. The lowest BCUT2D eigenvalue weighted by atomic mass is 10.0. The van der Waals surface area contributed by atoms with Crippen LogP contribution in [0.25, 0.3) is 0 Å². The molecule has 3 saturated carbocycles. The Morgan fingerprint density at radius 1 is 1.10 bits per heavy atom. The molecule has 4 fully saturated rings. The van der Waals surface area contributed by atoms with E-state index in [9.17, 15) is 8.42 Å². The predicted molar refractivity (Wildman–Crippen MR) is 75.6 cm³/mol. The first-order valence-corrected chi connectivity index (χ1v) is 9.04. The van der Waals surface area contributed by atoms with Crippen LogP contribution in [0.3, 0.4) is 0 Å². The van der Waals surface area contributed by atoms with E-state index in [1.165, 1.54) is 12.8 Å². The van der Waals surface area contributed by atoms with Crippen LogP contribution < -0.4 is 0 Å². The third kappa shape index (κ3) is 1.23. The zero-order valence-electron chi connectivity index (χ0n) is 11.6. The molecule has 1 aromatic rings. The fourth-order valence-corrected chi connectivity index (χ4v) is 6.86. The van der Waals surface area contributed by atoms with E-state index in [0.29, 0.717) is 16.2 Å².